The Kier molecular flexibility index (Phi) is 5.46. The van der Waals surface area contributed by atoms with Gasteiger partial charge in [-0.1, -0.05) is 18.2 Å². The van der Waals surface area contributed by atoms with Crippen LogP contribution in [0.5, 0.6) is 0 Å². The molecular weight excluding hydrogens is 334 g/mol. The maximum Gasteiger partial charge on any atom is 0.313 e. The highest BCUT2D eigenvalue weighted by molar-refractivity contribution is 6.40. The molecule has 2 amide bonds. The van der Waals surface area contributed by atoms with Crippen LogP contribution < -0.4 is 5.32 Å². The van der Waals surface area contributed by atoms with Crippen LogP contribution in [0.4, 0.5) is 5.69 Å². The lowest BCUT2D eigenvalue weighted by Gasteiger charge is -2.31. The first kappa shape index (κ1) is 17.8. The maximum absolute atomic E-state index is 12.5. The molecule has 136 valence electrons. The maximum atomic E-state index is 12.5. The third-order valence-electron chi connectivity index (χ3n) is 4.40. The first-order chi connectivity index (χ1) is 12.6. The molecule has 0 saturated carbocycles. The molecule has 1 atom stereocenters. The van der Waals surface area contributed by atoms with Gasteiger partial charge in [0.1, 0.15) is 0 Å². The van der Waals surface area contributed by atoms with Crippen molar-refractivity contribution in [1.29, 1.82) is 0 Å². The van der Waals surface area contributed by atoms with E-state index in [-0.39, 0.29) is 18.4 Å². The molecule has 7 nitrogen and oxygen atoms in total. The molecule has 1 saturated heterocycles. The normalized spacial score (nSPS) is 17.0. The summed E-state index contributed by atoms with van der Waals surface area (Å²) in [5.41, 5.74) is 1.11. The number of carbonyl (C=O) groups excluding carboxylic acids is 3. The van der Waals surface area contributed by atoms with Crippen molar-refractivity contribution in [3.63, 3.8) is 0 Å². The number of aromatic nitrogens is 1. The first-order valence-electron chi connectivity index (χ1n) is 8.70. The third-order valence-corrected chi connectivity index (χ3v) is 4.40. The average molecular weight is 355 g/mol. The Hall–Kier alpha value is -2.96. The molecule has 26 heavy (non-hydrogen) atoms. The fraction of sp³-hybridized carbons (Fsp3) is 0.368. The summed E-state index contributed by atoms with van der Waals surface area (Å²) in [6.07, 6.45) is 2.96. The minimum absolute atomic E-state index is 0.207. The van der Waals surface area contributed by atoms with Gasteiger partial charge >= 0.3 is 17.8 Å². The van der Waals surface area contributed by atoms with Crippen LogP contribution in [0, 0.1) is 5.92 Å². The zero-order chi connectivity index (χ0) is 18.5. The number of para-hydroxylation sites is 1. The van der Waals surface area contributed by atoms with Crippen molar-refractivity contribution in [2.45, 2.75) is 19.8 Å². The highest BCUT2D eigenvalue weighted by Gasteiger charge is 2.32. The second kappa shape index (κ2) is 7.95. The molecule has 2 heterocycles. The van der Waals surface area contributed by atoms with E-state index < -0.39 is 11.8 Å². The lowest BCUT2D eigenvalue weighted by Crippen LogP contribution is -2.47. The number of pyridine rings is 1. The molecule has 1 unspecified atom stereocenters. The Morgan fingerprint density at radius 2 is 2.08 bits per heavy atom. The molecule has 1 fully saturated rings. The standard InChI is InChI=1S/C19H21N3O4/c1-2-26-19(25)14-8-5-11-22(12-14)18(24)17(23)21-15-9-3-6-13-7-4-10-20-16(13)15/h3-4,6-7,9-10,14H,2,5,8,11-12H2,1H3,(H,21,23). The number of piperidine rings is 1. The van der Waals surface area contributed by atoms with Gasteiger partial charge in [-0.25, -0.2) is 0 Å². The molecular formula is C19H21N3O4. The number of anilines is 1. The van der Waals surface area contributed by atoms with Crippen LogP contribution in [0.1, 0.15) is 19.8 Å². The number of rotatable bonds is 3. The first-order valence-corrected chi connectivity index (χ1v) is 8.70. The molecule has 1 aliphatic rings. The number of nitrogens with one attached hydrogen (secondary N) is 1. The molecule has 1 aliphatic heterocycles. The Morgan fingerprint density at radius 3 is 2.88 bits per heavy atom. The number of fused-ring (bicyclic) bond motifs is 1. The van der Waals surface area contributed by atoms with Gasteiger partial charge in [0.15, 0.2) is 0 Å². The van der Waals surface area contributed by atoms with Gasteiger partial charge in [0.05, 0.1) is 23.7 Å². The number of esters is 1. The van der Waals surface area contributed by atoms with E-state index in [1.165, 1.54) is 4.90 Å². The predicted molar refractivity (Wildman–Crippen MR) is 96.3 cm³/mol. The smallest absolute Gasteiger partial charge is 0.313 e. The van der Waals surface area contributed by atoms with Crippen molar-refractivity contribution < 1.29 is 19.1 Å². The number of nitrogens with zero attached hydrogens (tertiary/aromatic N) is 2. The fourth-order valence-corrected chi connectivity index (χ4v) is 3.14. The van der Waals surface area contributed by atoms with E-state index in [9.17, 15) is 14.4 Å². The summed E-state index contributed by atoms with van der Waals surface area (Å²) in [7, 11) is 0. The van der Waals surface area contributed by atoms with Crippen LogP contribution in [0.15, 0.2) is 36.5 Å². The SMILES string of the molecule is CCOC(=O)C1CCCN(C(=O)C(=O)Nc2cccc3cccnc23)C1. The molecule has 0 spiro atoms. The summed E-state index contributed by atoms with van der Waals surface area (Å²) in [6.45, 7) is 2.71. The molecule has 7 heteroatoms. The monoisotopic (exact) mass is 355 g/mol. The van der Waals surface area contributed by atoms with Crippen LogP contribution in [0.25, 0.3) is 10.9 Å². The van der Waals surface area contributed by atoms with Crippen LogP contribution >= 0.6 is 0 Å². The van der Waals surface area contributed by atoms with Gasteiger partial charge in [0, 0.05) is 24.7 Å². The minimum Gasteiger partial charge on any atom is -0.466 e. The van der Waals surface area contributed by atoms with Gasteiger partial charge in [-0.15, -0.1) is 0 Å². The number of likely N-dealkylation sites (tertiary alicyclic amines) is 1. The van der Waals surface area contributed by atoms with E-state index in [1.807, 2.05) is 18.2 Å². The Balaban J connectivity index is 1.69. The Bertz CT molecular complexity index is 831. The van der Waals surface area contributed by atoms with E-state index in [0.717, 1.165) is 5.39 Å². The van der Waals surface area contributed by atoms with Gasteiger partial charge in [-0.3, -0.25) is 19.4 Å². The Morgan fingerprint density at radius 1 is 1.27 bits per heavy atom. The molecule has 3 rings (SSSR count). The zero-order valence-electron chi connectivity index (χ0n) is 14.6. The van der Waals surface area contributed by atoms with Crippen molar-refractivity contribution in [2.24, 2.45) is 5.92 Å². The zero-order valence-corrected chi connectivity index (χ0v) is 14.6. The average Bonchev–Trinajstić information content (AvgIpc) is 2.68. The lowest BCUT2D eigenvalue weighted by atomic mass is 9.98. The number of benzene rings is 1. The van der Waals surface area contributed by atoms with Gasteiger partial charge in [-0.05, 0) is 31.9 Å². The highest BCUT2D eigenvalue weighted by Crippen LogP contribution is 2.22. The molecule has 1 aromatic heterocycles. The van der Waals surface area contributed by atoms with Crippen LogP contribution in [-0.2, 0) is 19.1 Å². The van der Waals surface area contributed by atoms with E-state index in [2.05, 4.69) is 10.3 Å². The third kappa shape index (κ3) is 3.82. The van der Waals surface area contributed by atoms with Crippen molar-refractivity contribution in [3.05, 3.63) is 36.5 Å². The number of hydrogen-bond donors (Lipinski definition) is 1. The van der Waals surface area contributed by atoms with Crippen molar-refractivity contribution >= 4 is 34.4 Å². The number of hydrogen-bond acceptors (Lipinski definition) is 5. The molecule has 1 N–H and O–H groups in total. The topological polar surface area (TPSA) is 88.6 Å². The largest absolute Gasteiger partial charge is 0.466 e. The van der Waals surface area contributed by atoms with E-state index in [1.54, 1.807) is 25.3 Å². The molecule has 1 aromatic carbocycles. The van der Waals surface area contributed by atoms with Crippen LogP contribution in [0.2, 0.25) is 0 Å². The molecule has 2 aromatic rings. The van der Waals surface area contributed by atoms with Crippen molar-refractivity contribution in [1.82, 2.24) is 9.88 Å². The van der Waals surface area contributed by atoms with Gasteiger partial charge in [0.2, 0.25) is 0 Å². The summed E-state index contributed by atoms with van der Waals surface area (Å²) in [6, 6.07) is 9.07. The summed E-state index contributed by atoms with van der Waals surface area (Å²) in [5.74, 6) is -2.07. The summed E-state index contributed by atoms with van der Waals surface area (Å²) < 4.78 is 5.03. The second-order valence-corrected chi connectivity index (χ2v) is 6.18. The fourth-order valence-electron chi connectivity index (χ4n) is 3.14. The van der Waals surface area contributed by atoms with Gasteiger partial charge < -0.3 is 15.0 Å². The van der Waals surface area contributed by atoms with Crippen molar-refractivity contribution in [3.8, 4) is 0 Å². The second-order valence-electron chi connectivity index (χ2n) is 6.18. The minimum atomic E-state index is -0.729. The number of amides is 2. The van der Waals surface area contributed by atoms with E-state index >= 15 is 0 Å². The summed E-state index contributed by atoms with van der Waals surface area (Å²) in [5, 5.41) is 3.52. The van der Waals surface area contributed by atoms with Gasteiger partial charge in [0.25, 0.3) is 0 Å². The van der Waals surface area contributed by atoms with Crippen LogP contribution in [0.3, 0.4) is 0 Å². The molecule has 0 aliphatic carbocycles. The van der Waals surface area contributed by atoms with E-state index in [0.29, 0.717) is 37.2 Å². The van der Waals surface area contributed by atoms with Crippen molar-refractivity contribution in [2.75, 3.05) is 25.0 Å². The molecule has 0 bridgehead atoms. The lowest BCUT2D eigenvalue weighted by molar-refractivity contribution is -0.153. The quantitative estimate of drug-likeness (QED) is 0.672. The van der Waals surface area contributed by atoms with E-state index in [4.69, 9.17) is 4.74 Å². The predicted octanol–water partition coefficient (Wildman–Crippen LogP) is 1.97. The van der Waals surface area contributed by atoms with Gasteiger partial charge in [-0.2, -0.15) is 0 Å². The summed E-state index contributed by atoms with van der Waals surface area (Å²) in [4.78, 5) is 42.5. The van der Waals surface area contributed by atoms with Crippen LogP contribution in [-0.4, -0.2) is 47.4 Å². The molecule has 0 radical (unpaired) electrons. The summed E-state index contributed by atoms with van der Waals surface area (Å²) >= 11 is 0. The highest BCUT2D eigenvalue weighted by atomic mass is 16.5. The Labute approximate surface area is 151 Å². The number of ether oxygens (including phenoxy) is 1. The number of carbonyl (C=O) groups is 3.